The third kappa shape index (κ3) is 2.57. The van der Waals surface area contributed by atoms with Gasteiger partial charge >= 0.3 is 0 Å². The fourth-order valence-corrected chi connectivity index (χ4v) is 3.47. The number of ether oxygens (including phenoxy) is 1. The lowest BCUT2D eigenvalue weighted by Gasteiger charge is -2.43. The number of benzene rings is 1. The van der Waals surface area contributed by atoms with Crippen LogP contribution in [0.2, 0.25) is 0 Å². The minimum absolute atomic E-state index is 0.589. The number of fused-ring (bicyclic) bond motifs is 1. The molecule has 3 nitrogen and oxygen atoms in total. The van der Waals surface area contributed by atoms with Crippen LogP contribution in [-0.2, 0) is 0 Å². The van der Waals surface area contributed by atoms with Gasteiger partial charge < -0.3 is 9.64 Å². The Morgan fingerprint density at radius 1 is 1.32 bits per heavy atom. The van der Waals surface area contributed by atoms with E-state index in [1.165, 1.54) is 31.6 Å². The van der Waals surface area contributed by atoms with Gasteiger partial charge in [0.2, 0.25) is 0 Å². The molecule has 2 fully saturated rings. The molecule has 0 saturated carbocycles. The molecule has 2 heterocycles. The summed E-state index contributed by atoms with van der Waals surface area (Å²) in [5, 5.41) is 0. The van der Waals surface area contributed by atoms with Crippen LogP contribution in [0.1, 0.15) is 26.7 Å². The first kappa shape index (κ1) is 12.8. The lowest BCUT2D eigenvalue weighted by atomic mass is 10.1. The van der Waals surface area contributed by atoms with Crippen molar-refractivity contribution in [2.45, 2.75) is 38.8 Å². The van der Waals surface area contributed by atoms with Crippen molar-refractivity contribution in [3.05, 3.63) is 24.3 Å². The Morgan fingerprint density at radius 3 is 3.05 bits per heavy atom. The van der Waals surface area contributed by atoms with Gasteiger partial charge in [-0.2, -0.15) is 0 Å². The summed E-state index contributed by atoms with van der Waals surface area (Å²) in [4.78, 5) is 5.21. The van der Waals surface area contributed by atoms with Gasteiger partial charge in [0.05, 0.1) is 6.61 Å². The Balaban J connectivity index is 1.78. The molecule has 2 unspecified atom stereocenters. The summed E-state index contributed by atoms with van der Waals surface area (Å²) in [6, 6.07) is 9.89. The molecule has 2 atom stereocenters. The molecule has 0 aromatic heterocycles. The Bertz CT molecular complexity index is 435. The van der Waals surface area contributed by atoms with Crippen LogP contribution in [0.3, 0.4) is 0 Å². The van der Waals surface area contributed by atoms with Crippen molar-refractivity contribution in [3.8, 4) is 5.75 Å². The summed E-state index contributed by atoms with van der Waals surface area (Å²) in [5.41, 5.74) is 1.31. The topological polar surface area (TPSA) is 15.7 Å². The quantitative estimate of drug-likeness (QED) is 0.831. The van der Waals surface area contributed by atoms with Crippen molar-refractivity contribution in [1.82, 2.24) is 4.90 Å². The van der Waals surface area contributed by atoms with E-state index in [-0.39, 0.29) is 0 Å². The molecule has 3 rings (SSSR count). The lowest BCUT2D eigenvalue weighted by molar-refractivity contribution is 0.203. The van der Waals surface area contributed by atoms with Crippen LogP contribution in [0.5, 0.6) is 5.75 Å². The van der Waals surface area contributed by atoms with Gasteiger partial charge in [-0.1, -0.05) is 6.07 Å². The van der Waals surface area contributed by atoms with Crippen molar-refractivity contribution in [1.29, 1.82) is 0 Å². The van der Waals surface area contributed by atoms with E-state index in [0.717, 1.165) is 24.9 Å². The standard InChI is InChI=1S/C16H24N2O/c1-3-19-16-8-4-6-14(10-16)18-12-15-7-5-9-17(15)11-13(18)2/h4,6,8,10,13,15H,3,5,7,9,11-12H2,1-2H3. The summed E-state index contributed by atoms with van der Waals surface area (Å²) in [6.45, 7) is 8.76. The third-order valence-electron chi connectivity index (χ3n) is 4.40. The number of nitrogens with zero attached hydrogens (tertiary/aromatic N) is 2. The van der Waals surface area contributed by atoms with Gasteiger partial charge in [-0.25, -0.2) is 0 Å². The smallest absolute Gasteiger partial charge is 0.121 e. The highest BCUT2D eigenvalue weighted by Crippen LogP contribution is 2.30. The van der Waals surface area contributed by atoms with Crippen LogP contribution in [-0.4, -0.2) is 43.2 Å². The summed E-state index contributed by atoms with van der Waals surface area (Å²) in [7, 11) is 0. The molecule has 19 heavy (non-hydrogen) atoms. The first-order valence-corrected chi connectivity index (χ1v) is 7.51. The maximum atomic E-state index is 5.62. The van der Waals surface area contributed by atoms with Gasteiger partial charge in [-0.3, -0.25) is 4.90 Å². The first-order chi connectivity index (χ1) is 9.28. The minimum Gasteiger partial charge on any atom is -0.494 e. The third-order valence-corrected chi connectivity index (χ3v) is 4.40. The number of anilines is 1. The molecule has 1 aromatic rings. The fraction of sp³-hybridized carbons (Fsp3) is 0.625. The van der Waals surface area contributed by atoms with Crippen molar-refractivity contribution < 1.29 is 4.74 Å². The summed E-state index contributed by atoms with van der Waals surface area (Å²) >= 11 is 0. The van der Waals surface area contributed by atoms with Crippen molar-refractivity contribution in [2.24, 2.45) is 0 Å². The lowest BCUT2D eigenvalue weighted by Crippen LogP contribution is -2.55. The maximum absolute atomic E-state index is 5.62. The van der Waals surface area contributed by atoms with E-state index in [9.17, 15) is 0 Å². The maximum Gasteiger partial charge on any atom is 0.121 e. The molecular weight excluding hydrogens is 236 g/mol. The Hall–Kier alpha value is -1.22. The molecule has 0 radical (unpaired) electrons. The molecule has 0 spiro atoms. The van der Waals surface area contributed by atoms with Crippen LogP contribution in [0.15, 0.2) is 24.3 Å². The first-order valence-electron chi connectivity index (χ1n) is 7.51. The Morgan fingerprint density at radius 2 is 2.21 bits per heavy atom. The molecule has 3 heteroatoms. The van der Waals surface area contributed by atoms with Crippen molar-refractivity contribution >= 4 is 5.69 Å². The van der Waals surface area contributed by atoms with E-state index in [0.29, 0.717) is 6.04 Å². The summed E-state index contributed by atoms with van der Waals surface area (Å²) in [5.74, 6) is 0.987. The largest absolute Gasteiger partial charge is 0.494 e. The van der Waals surface area contributed by atoms with Crippen LogP contribution >= 0.6 is 0 Å². The molecular formula is C16H24N2O. The Kier molecular flexibility index (Phi) is 3.65. The molecule has 104 valence electrons. The highest BCUT2D eigenvalue weighted by atomic mass is 16.5. The molecule has 2 saturated heterocycles. The zero-order chi connectivity index (χ0) is 13.2. The second-order valence-corrected chi connectivity index (χ2v) is 5.72. The van der Waals surface area contributed by atoms with Gasteiger partial charge in [-0.15, -0.1) is 0 Å². The number of hydrogen-bond donors (Lipinski definition) is 0. The highest BCUT2D eigenvalue weighted by Gasteiger charge is 2.34. The van der Waals surface area contributed by atoms with E-state index in [2.05, 4.69) is 34.9 Å². The monoisotopic (exact) mass is 260 g/mol. The molecule has 0 bridgehead atoms. The molecule has 1 aromatic carbocycles. The van der Waals surface area contributed by atoms with Crippen LogP contribution in [0.25, 0.3) is 0 Å². The SMILES string of the molecule is CCOc1cccc(N2CC3CCCN3CC2C)c1. The molecule has 0 N–H and O–H groups in total. The van der Waals surface area contributed by atoms with Gasteiger partial charge in [0.1, 0.15) is 5.75 Å². The van der Waals surface area contributed by atoms with E-state index in [1.54, 1.807) is 0 Å². The number of piperazine rings is 1. The van der Waals surface area contributed by atoms with Crippen LogP contribution in [0, 0.1) is 0 Å². The number of hydrogen-bond acceptors (Lipinski definition) is 3. The van der Waals surface area contributed by atoms with Crippen LogP contribution in [0.4, 0.5) is 5.69 Å². The molecule has 2 aliphatic heterocycles. The van der Waals surface area contributed by atoms with Gasteiger partial charge in [0.25, 0.3) is 0 Å². The normalized spacial score (nSPS) is 27.4. The predicted octanol–water partition coefficient (Wildman–Crippen LogP) is 2.76. The van der Waals surface area contributed by atoms with E-state index in [1.807, 2.05) is 13.0 Å². The molecule has 0 amide bonds. The van der Waals surface area contributed by atoms with Gasteiger partial charge in [0, 0.05) is 36.9 Å². The average Bonchev–Trinajstić information content (AvgIpc) is 2.85. The predicted molar refractivity (Wildman–Crippen MR) is 79.0 cm³/mol. The molecule has 0 aliphatic carbocycles. The summed E-state index contributed by atoms with van der Waals surface area (Å²) in [6.07, 6.45) is 2.72. The number of rotatable bonds is 3. The zero-order valence-corrected chi connectivity index (χ0v) is 12.0. The van der Waals surface area contributed by atoms with Crippen molar-refractivity contribution in [3.63, 3.8) is 0 Å². The molecule has 2 aliphatic rings. The van der Waals surface area contributed by atoms with E-state index in [4.69, 9.17) is 4.74 Å². The Labute approximate surface area is 116 Å². The fourth-order valence-electron chi connectivity index (χ4n) is 3.47. The van der Waals surface area contributed by atoms with E-state index < -0.39 is 0 Å². The highest BCUT2D eigenvalue weighted by molar-refractivity contribution is 5.52. The minimum atomic E-state index is 0.589. The van der Waals surface area contributed by atoms with Gasteiger partial charge in [-0.05, 0) is 45.4 Å². The van der Waals surface area contributed by atoms with E-state index >= 15 is 0 Å². The van der Waals surface area contributed by atoms with Crippen LogP contribution < -0.4 is 9.64 Å². The second-order valence-electron chi connectivity index (χ2n) is 5.72. The van der Waals surface area contributed by atoms with Gasteiger partial charge in [0.15, 0.2) is 0 Å². The second kappa shape index (κ2) is 5.41. The summed E-state index contributed by atoms with van der Waals surface area (Å²) < 4.78 is 5.62. The average molecular weight is 260 g/mol. The zero-order valence-electron chi connectivity index (χ0n) is 12.0. The van der Waals surface area contributed by atoms with Crippen molar-refractivity contribution in [2.75, 3.05) is 31.1 Å².